The Balaban J connectivity index is 2.51. The van der Waals surface area contributed by atoms with Crippen molar-refractivity contribution in [2.45, 2.75) is 0 Å². The van der Waals surface area contributed by atoms with Gasteiger partial charge in [-0.3, -0.25) is 4.99 Å². The third kappa shape index (κ3) is 0.826. The van der Waals surface area contributed by atoms with Crippen LogP contribution < -0.4 is 5.32 Å². The van der Waals surface area contributed by atoms with E-state index in [9.17, 15) is 0 Å². The molecule has 0 atom stereocenters. The first-order valence-electron chi connectivity index (χ1n) is 2.16. The molecule has 0 aliphatic carbocycles. The van der Waals surface area contributed by atoms with Crippen LogP contribution in [0.5, 0.6) is 0 Å². The molecule has 0 unspecified atom stereocenters. The van der Waals surface area contributed by atoms with Gasteiger partial charge in [0, 0.05) is 7.05 Å². The minimum absolute atomic E-state index is 0.931. The van der Waals surface area contributed by atoms with Gasteiger partial charge in [0.05, 0.1) is 5.73 Å². The van der Waals surface area contributed by atoms with Crippen LogP contribution in [0.25, 0.3) is 0 Å². The molecule has 1 aliphatic heterocycles. The molecule has 0 saturated heterocycles. The minimum Gasteiger partial charge on any atom is -0.360 e. The molecule has 7 heavy (non-hydrogen) atoms. The average molecular weight is 92.9 g/mol. The van der Waals surface area contributed by atoms with Gasteiger partial charge in [-0.05, 0) is 6.20 Å². The lowest BCUT2D eigenvalue weighted by atomic mass is 9.80. The average Bonchev–Trinajstić information content (AvgIpc) is 2.14. The lowest BCUT2D eigenvalue weighted by Crippen LogP contribution is -2.15. The zero-order valence-electron chi connectivity index (χ0n) is 4.18. The van der Waals surface area contributed by atoms with Gasteiger partial charge >= 0.3 is 0 Å². The van der Waals surface area contributed by atoms with Crippen molar-refractivity contribution in [1.29, 1.82) is 0 Å². The Morgan fingerprint density at radius 1 is 1.86 bits per heavy atom. The van der Waals surface area contributed by atoms with Gasteiger partial charge < -0.3 is 5.32 Å². The van der Waals surface area contributed by atoms with Gasteiger partial charge in [-0.25, -0.2) is 0 Å². The molecule has 1 aliphatic rings. The molecule has 0 aromatic heterocycles. The van der Waals surface area contributed by atoms with Crippen LogP contribution in [-0.4, -0.2) is 20.1 Å². The first kappa shape index (κ1) is 4.43. The van der Waals surface area contributed by atoms with Gasteiger partial charge in [-0.1, -0.05) is 5.98 Å². The highest BCUT2D eigenvalue weighted by atomic mass is 14.9. The Bertz CT molecular complexity index is 107. The van der Waals surface area contributed by atoms with Crippen LogP contribution in [0.15, 0.2) is 17.2 Å². The van der Waals surface area contributed by atoms with Crippen molar-refractivity contribution in [1.82, 2.24) is 5.32 Å². The largest absolute Gasteiger partial charge is 0.360 e. The Hall–Kier alpha value is -0.725. The monoisotopic (exact) mass is 93.1 g/mol. The number of hydrogen-bond donors (Lipinski definition) is 1. The summed E-state index contributed by atoms with van der Waals surface area (Å²) in [5, 5.41) is 2.92. The van der Waals surface area contributed by atoms with Crippen LogP contribution in [0.2, 0.25) is 0 Å². The third-order valence-corrected chi connectivity index (χ3v) is 0.822. The first-order chi connectivity index (χ1) is 3.43. The Morgan fingerprint density at radius 2 is 2.71 bits per heavy atom. The van der Waals surface area contributed by atoms with E-state index in [0.717, 1.165) is 5.73 Å². The van der Waals surface area contributed by atoms with Crippen LogP contribution in [0.3, 0.4) is 0 Å². The van der Waals surface area contributed by atoms with Gasteiger partial charge in [-0.2, -0.15) is 0 Å². The summed E-state index contributed by atoms with van der Waals surface area (Å²) in [5.41, 5.74) is 0.931. The van der Waals surface area contributed by atoms with Gasteiger partial charge in [0.2, 0.25) is 7.28 Å². The van der Waals surface area contributed by atoms with Crippen LogP contribution in [-0.2, 0) is 0 Å². The number of nitrogens with zero attached hydrogens (tertiary/aromatic N) is 1. The van der Waals surface area contributed by atoms with Gasteiger partial charge in [-0.15, -0.1) is 0 Å². The quantitative estimate of drug-likeness (QED) is 0.410. The highest BCUT2D eigenvalue weighted by molar-refractivity contribution is 6.80. The van der Waals surface area contributed by atoms with Crippen molar-refractivity contribution < 1.29 is 0 Å². The smallest absolute Gasteiger partial charge is 0.231 e. The van der Waals surface area contributed by atoms with Crippen molar-refractivity contribution in [3.63, 3.8) is 0 Å². The molecule has 1 rings (SSSR count). The summed E-state index contributed by atoms with van der Waals surface area (Å²) < 4.78 is 0. The van der Waals surface area contributed by atoms with Crippen molar-refractivity contribution in [3.05, 3.63) is 12.2 Å². The van der Waals surface area contributed by atoms with E-state index in [1.807, 2.05) is 19.5 Å². The molecule has 0 spiro atoms. The highest BCUT2D eigenvalue weighted by Gasteiger charge is 1.97. The summed E-state index contributed by atoms with van der Waals surface area (Å²) in [7, 11) is 3.67. The van der Waals surface area contributed by atoms with E-state index >= 15 is 0 Å². The summed E-state index contributed by atoms with van der Waals surface area (Å²) in [5.74, 6) is 1.92. The maximum Gasteiger partial charge on any atom is 0.231 e. The molecule has 0 fully saturated rings. The topological polar surface area (TPSA) is 24.4 Å². The molecular weight excluding hydrogens is 86.9 g/mol. The molecule has 0 aromatic carbocycles. The Labute approximate surface area is 43.6 Å². The molecule has 0 bridgehead atoms. The number of aliphatic imine (C=N–C) groups is 1. The van der Waals surface area contributed by atoms with E-state index in [4.69, 9.17) is 0 Å². The molecule has 2 nitrogen and oxygen atoms in total. The van der Waals surface area contributed by atoms with E-state index in [1.54, 1.807) is 7.05 Å². The Morgan fingerprint density at radius 3 is 3.00 bits per heavy atom. The van der Waals surface area contributed by atoms with E-state index in [1.165, 1.54) is 0 Å². The fraction of sp³-hybridized carbons (Fsp3) is 0.250. The van der Waals surface area contributed by atoms with Crippen molar-refractivity contribution in [2.75, 3.05) is 7.05 Å². The molecule has 0 amide bonds. The number of amidine groups is 1. The van der Waals surface area contributed by atoms with Crippen LogP contribution in [0, 0.1) is 0 Å². The predicted molar refractivity (Wildman–Crippen MR) is 31.4 cm³/mol. The number of nitrogens with one attached hydrogen (secondary N) is 1. The molecule has 1 heterocycles. The summed E-state index contributed by atoms with van der Waals surface area (Å²) in [4.78, 5) is 3.88. The molecule has 1 radical (unpaired) electrons. The van der Waals surface area contributed by atoms with Crippen molar-refractivity contribution >= 4 is 13.0 Å². The lowest BCUT2D eigenvalue weighted by molar-refractivity contribution is 1.28. The second-order valence-electron chi connectivity index (χ2n) is 1.28. The Kier molecular flexibility index (Phi) is 1.15. The highest BCUT2D eigenvalue weighted by Crippen LogP contribution is 1.79. The molecule has 1 N–H and O–H groups in total. The summed E-state index contributed by atoms with van der Waals surface area (Å²) >= 11 is 0. The SMILES string of the molecule is CN=C1[B]C=CN1. The fourth-order valence-corrected chi connectivity index (χ4v) is 0.460. The fourth-order valence-electron chi connectivity index (χ4n) is 0.460. The van der Waals surface area contributed by atoms with Gasteiger partial charge in [0.25, 0.3) is 0 Å². The zero-order valence-corrected chi connectivity index (χ0v) is 4.18. The normalized spacial score (nSPS) is 22.1. The summed E-state index contributed by atoms with van der Waals surface area (Å²) in [6.07, 6.45) is 1.85. The second-order valence-corrected chi connectivity index (χ2v) is 1.28. The predicted octanol–water partition coefficient (Wildman–Crippen LogP) is -0.249. The van der Waals surface area contributed by atoms with Crippen LogP contribution in [0.1, 0.15) is 0 Å². The van der Waals surface area contributed by atoms with E-state index in [2.05, 4.69) is 10.3 Å². The van der Waals surface area contributed by atoms with E-state index in [-0.39, 0.29) is 0 Å². The number of rotatable bonds is 0. The van der Waals surface area contributed by atoms with Crippen molar-refractivity contribution in [2.24, 2.45) is 4.99 Å². The first-order valence-corrected chi connectivity index (χ1v) is 2.16. The zero-order chi connectivity index (χ0) is 5.11. The molecular formula is C4H6BN2. The van der Waals surface area contributed by atoms with Gasteiger partial charge in [0.1, 0.15) is 0 Å². The maximum absolute atomic E-state index is 3.88. The van der Waals surface area contributed by atoms with Crippen LogP contribution in [0.4, 0.5) is 0 Å². The molecule has 3 heteroatoms. The molecule has 0 saturated carbocycles. The van der Waals surface area contributed by atoms with E-state index < -0.39 is 0 Å². The van der Waals surface area contributed by atoms with Crippen LogP contribution >= 0.6 is 0 Å². The summed E-state index contributed by atoms with van der Waals surface area (Å²) in [6, 6.07) is 0. The van der Waals surface area contributed by atoms with E-state index in [0.29, 0.717) is 0 Å². The minimum atomic E-state index is 0.931. The third-order valence-electron chi connectivity index (χ3n) is 0.822. The molecule has 35 valence electrons. The van der Waals surface area contributed by atoms with Crippen molar-refractivity contribution in [3.8, 4) is 0 Å². The second kappa shape index (κ2) is 1.82. The molecule has 0 aromatic rings. The standard InChI is InChI=1S/C4H6BN2/c1-6-4-5-2-3-7-4/h2-3H,1H3,(H,6,7). The number of hydrogen-bond acceptors (Lipinski definition) is 1. The summed E-state index contributed by atoms with van der Waals surface area (Å²) in [6.45, 7) is 0. The van der Waals surface area contributed by atoms with Gasteiger partial charge in [0.15, 0.2) is 0 Å². The maximum atomic E-state index is 3.88. The lowest BCUT2D eigenvalue weighted by Gasteiger charge is -1.89.